The van der Waals surface area contributed by atoms with E-state index in [1.54, 1.807) is 0 Å². The van der Waals surface area contributed by atoms with Crippen LogP contribution in [0.25, 0.3) is 0 Å². The first kappa shape index (κ1) is 11.7. The maximum atomic E-state index is 6.10. The zero-order chi connectivity index (χ0) is 10.6. The Morgan fingerprint density at radius 1 is 1.50 bits per heavy atom. The lowest BCUT2D eigenvalue weighted by molar-refractivity contribution is 0.616. The van der Waals surface area contributed by atoms with Crippen molar-refractivity contribution in [2.75, 3.05) is 11.9 Å². The SMILES string of the molecule is CCc1nsc(NCC(Cl)C(C)C)n1. The van der Waals surface area contributed by atoms with Gasteiger partial charge < -0.3 is 5.32 Å². The van der Waals surface area contributed by atoms with Gasteiger partial charge in [-0.05, 0) is 5.92 Å². The summed E-state index contributed by atoms with van der Waals surface area (Å²) in [4.78, 5) is 4.30. The van der Waals surface area contributed by atoms with E-state index in [-0.39, 0.29) is 5.38 Å². The van der Waals surface area contributed by atoms with Crippen LogP contribution in [0.2, 0.25) is 0 Å². The lowest BCUT2D eigenvalue weighted by atomic mass is 10.1. The number of halogens is 1. The molecule has 1 N–H and O–H groups in total. The zero-order valence-electron chi connectivity index (χ0n) is 8.75. The number of aryl methyl sites for hydroxylation is 1. The average Bonchev–Trinajstić information content (AvgIpc) is 2.61. The van der Waals surface area contributed by atoms with Crippen LogP contribution >= 0.6 is 23.1 Å². The summed E-state index contributed by atoms with van der Waals surface area (Å²) < 4.78 is 4.18. The van der Waals surface area contributed by atoms with Crippen LogP contribution in [0.5, 0.6) is 0 Å². The summed E-state index contributed by atoms with van der Waals surface area (Å²) in [5.74, 6) is 1.37. The van der Waals surface area contributed by atoms with Crippen molar-refractivity contribution in [1.29, 1.82) is 0 Å². The first-order chi connectivity index (χ1) is 6.63. The summed E-state index contributed by atoms with van der Waals surface area (Å²) in [5, 5.41) is 4.20. The molecule has 0 aliphatic rings. The van der Waals surface area contributed by atoms with Crippen LogP contribution in [-0.2, 0) is 6.42 Å². The average molecular weight is 234 g/mol. The standard InChI is InChI=1S/C9H16ClN3S/c1-4-8-12-9(14-13-8)11-5-7(10)6(2)3/h6-7H,4-5H2,1-3H3,(H,11,12,13). The second kappa shape index (κ2) is 5.51. The van der Waals surface area contributed by atoms with Crippen LogP contribution in [0.4, 0.5) is 5.13 Å². The number of hydrogen-bond acceptors (Lipinski definition) is 4. The summed E-state index contributed by atoms with van der Waals surface area (Å²) in [6.45, 7) is 7.01. The van der Waals surface area contributed by atoms with Gasteiger partial charge in [-0.3, -0.25) is 0 Å². The number of hydrogen-bond donors (Lipinski definition) is 1. The molecule has 0 bridgehead atoms. The Hall–Kier alpha value is -0.350. The molecule has 3 nitrogen and oxygen atoms in total. The third kappa shape index (κ3) is 3.42. The molecule has 5 heteroatoms. The largest absolute Gasteiger partial charge is 0.359 e. The van der Waals surface area contributed by atoms with Crippen LogP contribution in [0.15, 0.2) is 0 Å². The fraction of sp³-hybridized carbons (Fsp3) is 0.778. The fourth-order valence-corrected chi connectivity index (χ4v) is 1.62. The maximum absolute atomic E-state index is 6.10. The minimum atomic E-state index is 0.143. The number of aromatic nitrogens is 2. The van der Waals surface area contributed by atoms with Crippen LogP contribution in [-0.4, -0.2) is 21.3 Å². The van der Waals surface area contributed by atoms with Gasteiger partial charge in [-0.2, -0.15) is 4.37 Å². The molecule has 1 aromatic rings. The predicted molar refractivity (Wildman–Crippen MR) is 62.3 cm³/mol. The molecule has 0 spiro atoms. The smallest absolute Gasteiger partial charge is 0.202 e. The van der Waals surface area contributed by atoms with Crippen molar-refractivity contribution >= 4 is 28.3 Å². The van der Waals surface area contributed by atoms with Gasteiger partial charge in [-0.1, -0.05) is 20.8 Å². The van der Waals surface area contributed by atoms with E-state index in [0.29, 0.717) is 5.92 Å². The predicted octanol–water partition coefficient (Wildman–Crippen LogP) is 2.78. The minimum Gasteiger partial charge on any atom is -0.359 e. The van der Waals surface area contributed by atoms with Crippen LogP contribution in [0, 0.1) is 5.92 Å². The Morgan fingerprint density at radius 2 is 2.21 bits per heavy atom. The Balaban J connectivity index is 2.37. The van der Waals surface area contributed by atoms with Crippen molar-refractivity contribution in [2.45, 2.75) is 32.6 Å². The van der Waals surface area contributed by atoms with Crippen molar-refractivity contribution in [3.05, 3.63) is 5.82 Å². The third-order valence-electron chi connectivity index (χ3n) is 1.96. The highest BCUT2D eigenvalue weighted by Crippen LogP contribution is 2.14. The van der Waals surface area contributed by atoms with E-state index in [2.05, 4.69) is 28.5 Å². The molecule has 1 atom stereocenters. The van der Waals surface area contributed by atoms with Crippen molar-refractivity contribution in [3.8, 4) is 0 Å². The van der Waals surface area contributed by atoms with E-state index in [1.165, 1.54) is 11.5 Å². The molecule has 1 unspecified atom stereocenters. The molecule has 0 aromatic carbocycles. The third-order valence-corrected chi connectivity index (χ3v) is 3.32. The molecule has 1 aromatic heterocycles. The second-order valence-corrected chi connectivity index (χ2v) is 4.82. The van der Waals surface area contributed by atoms with Gasteiger partial charge >= 0.3 is 0 Å². The molecule has 1 heterocycles. The summed E-state index contributed by atoms with van der Waals surface area (Å²) >= 11 is 7.50. The molecule has 0 aliphatic heterocycles. The van der Waals surface area contributed by atoms with Crippen LogP contribution in [0.3, 0.4) is 0 Å². The number of rotatable bonds is 5. The fourth-order valence-electron chi connectivity index (χ4n) is 0.890. The molecule has 0 fully saturated rings. The van der Waals surface area contributed by atoms with Gasteiger partial charge in [0.15, 0.2) is 0 Å². The van der Waals surface area contributed by atoms with Gasteiger partial charge in [-0.15, -0.1) is 11.6 Å². The van der Waals surface area contributed by atoms with E-state index >= 15 is 0 Å². The van der Waals surface area contributed by atoms with Gasteiger partial charge in [0.1, 0.15) is 5.82 Å². The van der Waals surface area contributed by atoms with Crippen LogP contribution in [0.1, 0.15) is 26.6 Å². The van der Waals surface area contributed by atoms with E-state index in [1.807, 2.05) is 6.92 Å². The molecule has 0 aliphatic carbocycles. The normalized spacial score (nSPS) is 13.2. The first-order valence-corrected chi connectivity index (χ1v) is 6.05. The molecule has 0 saturated carbocycles. The van der Waals surface area contributed by atoms with E-state index in [4.69, 9.17) is 11.6 Å². The first-order valence-electron chi connectivity index (χ1n) is 4.84. The molecule has 0 amide bonds. The molecule has 0 radical (unpaired) electrons. The quantitative estimate of drug-likeness (QED) is 0.795. The molecule has 80 valence electrons. The van der Waals surface area contributed by atoms with E-state index < -0.39 is 0 Å². The maximum Gasteiger partial charge on any atom is 0.202 e. The summed E-state index contributed by atoms with van der Waals surface area (Å²) in [6.07, 6.45) is 0.882. The molecular formula is C9H16ClN3S. The van der Waals surface area contributed by atoms with Gasteiger partial charge in [0.05, 0.1) is 5.38 Å². The molecule has 0 saturated heterocycles. The van der Waals surface area contributed by atoms with Gasteiger partial charge in [0.25, 0.3) is 0 Å². The molecule has 1 rings (SSSR count). The summed E-state index contributed by atoms with van der Waals surface area (Å²) in [5.41, 5.74) is 0. The van der Waals surface area contributed by atoms with E-state index in [9.17, 15) is 0 Å². The highest BCUT2D eigenvalue weighted by atomic mass is 35.5. The highest BCUT2D eigenvalue weighted by Gasteiger charge is 2.10. The van der Waals surface area contributed by atoms with Crippen molar-refractivity contribution in [2.24, 2.45) is 5.92 Å². The summed E-state index contributed by atoms with van der Waals surface area (Å²) in [6, 6.07) is 0. The number of alkyl halides is 1. The zero-order valence-corrected chi connectivity index (χ0v) is 10.3. The molecular weight excluding hydrogens is 218 g/mol. The van der Waals surface area contributed by atoms with Crippen molar-refractivity contribution < 1.29 is 0 Å². The summed E-state index contributed by atoms with van der Waals surface area (Å²) in [7, 11) is 0. The number of nitrogens with one attached hydrogen (secondary N) is 1. The van der Waals surface area contributed by atoms with Crippen LogP contribution < -0.4 is 5.32 Å². The van der Waals surface area contributed by atoms with Crippen molar-refractivity contribution in [3.63, 3.8) is 0 Å². The number of nitrogens with zero attached hydrogens (tertiary/aromatic N) is 2. The molecule has 14 heavy (non-hydrogen) atoms. The van der Waals surface area contributed by atoms with Gasteiger partial charge in [0, 0.05) is 24.5 Å². The Kier molecular flexibility index (Phi) is 4.62. The Labute approximate surface area is 94.1 Å². The van der Waals surface area contributed by atoms with Gasteiger partial charge in [0.2, 0.25) is 5.13 Å². The van der Waals surface area contributed by atoms with Crippen molar-refractivity contribution in [1.82, 2.24) is 9.36 Å². The highest BCUT2D eigenvalue weighted by molar-refractivity contribution is 7.09. The monoisotopic (exact) mass is 233 g/mol. The van der Waals surface area contributed by atoms with Gasteiger partial charge in [-0.25, -0.2) is 4.98 Å². The minimum absolute atomic E-state index is 0.143. The Morgan fingerprint density at radius 3 is 2.71 bits per heavy atom. The number of anilines is 1. The second-order valence-electron chi connectivity index (χ2n) is 3.51. The lowest BCUT2D eigenvalue weighted by Crippen LogP contribution is -2.19. The lowest BCUT2D eigenvalue weighted by Gasteiger charge is -2.12. The topological polar surface area (TPSA) is 37.8 Å². The Bertz CT molecular complexity index is 275. The van der Waals surface area contributed by atoms with E-state index in [0.717, 1.165) is 23.9 Å².